The number of nitrogens with zero attached hydrogens (tertiary/aromatic N) is 3. The van der Waals surface area contributed by atoms with E-state index in [1.54, 1.807) is 0 Å². The quantitative estimate of drug-likeness (QED) is 0.620. The number of halogens is 2. The average molecular weight is 496 g/mol. The molecule has 1 fully saturated rings. The Morgan fingerprint density at radius 1 is 1.11 bits per heavy atom. The van der Waals surface area contributed by atoms with Crippen LogP contribution in [0.3, 0.4) is 0 Å². The van der Waals surface area contributed by atoms with Gasteiger partial charge in [0.1, 0.15) is 5.82 Å². The van der Waals surface area contributed by atoms with Crippen LogP contribution in [0.2, 0.25) is 0 Å². The van der Waals surface area contributed by atoms with Gasteiger partial charge in [0.25, 0.3) is 0 Å². The Bertz CT molecular complexity index is 809. The van der Waals surface area contributed by atoms with Gasteiger partial charge in [-0.2, -0.15) is 0 Å². The molecule has 2 amide bonds. The molecule has 0 unspecified atom stereocenters. The first-order chi connectivity index (χ1) is 12.8. The summed E-state index contributed by atoms with van der Waals surface area (Å²) in [6.45, 7) is 9.18. The van der Waals surface area contributed by atoms with Crippen molar-refractivity contribution in [3.8, 4) is 0 Å². The third-order valence-electron chi connectivity index (χ3n) is 4.73. The van der Waals surface area contributed by atoms with Gasteiger partial charge in [-0.15, -0.1) is 0 Å². The number of carbonyl (C=O) groups is 1. The highest BCUT2D eigenvalue weighted by atomic mass is 79.9. The average Bonchev–Trinajstić information content (AvgIpc) is 2.64. The second-order valence-electron chi connectivity index (χ2n) is 7.06. The molecular weight excluding hydrogens is 472 g/mol. The summed E-state index contributed by atoms with van der Waals surface area (Å²) in [4.78, 5) is 21.4. The molecule has 0 bridgehead atoms. The number of carbonyl (C=O) groups excluding carboxylic acids is 1. The van der Waals surface area contributed by atoms with E-state index in [0.717, 1.165) is 39.2 Å². The van der Waals surface area contributed by atoms with Crippen LogP contribution < -0.4 is 10.2 Å². The van der Waals surface area contributed by atoms with E-state index in [9.17, 15) is 4.79 Å². The topological polar surface area (TPSA) is 48.5 Å². The fourth-order valence-electron chi connectivity index (χ4n) is 3.07. The van der Waals surface area contributed by atoms with E-state index in [0.29, 0.717) is 19.0 Å². The second kappa shape index (κ2) is 8.61. The van der Waals surface area contributed by atoms with Crippen molar-refractivity contribution in [3.05, 3.63) is 50.5 Å². The van der Waals surface area contributed by atoms with Crippen LogP contribution in [-0.2, 0) is 0 Å². The van der Waals surface area contributed by atoms with Crippen molar-refractivity contribution in [3.63, 3.8) is 0 Å². The van der Waals surface area contributed by atoms with Gasteiger partial charge in [-0.05, 0) is 74.5 Å². The standard InChI is InChI=1S/C20H24Br2N4O/c1-13(2)15-11-16(21)19(17(22)12-15)24-20(27)26-9-7-25(8-10-26)18-6-4-5-14(3)23-18/h4-6,11-13H,7-10H2,1-3H3,(H,24,27). The van der Waals surface area contributed by atoms with E-state index in [-0.39, 0.29) is 6.03 Å². The SMILES string of the molecule is Cc1cccc(N2CCN(C(=O)Nc3c(Br)cc(C(C)C)cc3Br)CC2)n1. The number of pyridine rings is 1. The number of amides is 2. The molecule has 0 spiro atoms. The van der Waals surface area contributed by atoms with Gasteiger partial charge in [-0.1, -0.05) is 19.9 Å². The predicted octanol–water partition coefficient (Wildman–Crippen LogP) is 5.39. The van der Waals surface area contributed by atoms with E-state index in [1.165, 1.54) is 5.56 Å². The fourth-order valence-corrected chi connectivity index (χ4v) is 4.50. The van der Waals surface area contributed by atoms with Crippen LogP contribution >= 0.6 is 31.9 Å². The molecule has 1 saturated heterocycles. The highest BCUT2D eigenvalue weighted by molar-refractivity contribution is 9.11. The van der Waals surface area contributed by atoms with Gasteiger partial charge < -0.3 is 15.1 Å². The Hall–Kier alpha value is -1.60. The number of hydrogen-bond acceptors (Lipinski definition) is 3. The van der Waals surface area contributed by atoms with Crippen molar-refractivity contribution in [1.82, 2.24) is 9.88 Å². The van der Waals surface area contributed by atoms with Crippen molar-refractivity contribution in [2.24, 2.45) is 0 Å². The molecule has 1 N–H and O–H groups in total. The van der Waals surface area contributed by atoms with Crippen molar-refractivity contribution >= 4 is 49.4 Å². The maximum atomic E-state index is 12.7. The summed E-state index contributed by atoms with van der Waals surface area (Å²) in [6.07, 6.45) is 0. The number of nitrogens with one attached hydrogen (secondary N) is 1. The molecule has 144 valence electrons. The van der Waals surface area contributed by atoms with Gasteiger partial charge in [-0.25, -0.2) is 9.78 Å². The molecular formula is C20H24Br2N4O. The Morgan fingerprint density at radius 2 is 1.74 bits per heavy atom. The molecule has 5 nitrogen and oxygen atoms in total. The first-order valence-electron chi connectivity index (χ1n) is 9.08. The molecule has 7 heteroatoms. The highest BCUT2D eigenvalue weighted by Crippen LogP contribution is 2.35. The molecule has 2 aromatic rings. The fraction of sp³-hybridized carbons (Fsp3) is 0.400. The van der Waals surface area contributed by atoms with Crippen molar-refractivity contribution in [2.75, 3.05) is 36.4 Å². The summed E-state index contributed by atoms with van der Waals surface area (Å²) in [6, 6.07) is 10.1. The second-order valence-corrected chi connectivity index (χ2v) is 8.76. The summed E-state index contributed by atoms with van der Waals surface area (Å²) in [5.74, 6) is 1.40. The molecule has 1 aliphatic rings. The molecule has 1 aromatic heterocycles. The van der Waals surface area contributed by atoms with Crippen LogP contribution in [0, 0.1) is 6.92 Å². The van der Waals surface area contributed by atoms with Gasteiger partial charge in [0.15, 0.2) is 0 Å². The lowest BCUT2D eigenvalue weighted by Gasteiger charge is -2.35. The minimum absolute atomic E-state index is 0.0782. The maximum Gasteiger partial charge on any atom is 0.322 e. The monoisotopic (exact) mass is 494 g/mol. The first-order valence-corrected chi connectivity index (χ1v) is 10.7. The number of urea groups is 1. The molecule has 0 atom stereocenters. The predicted molar refractivity (Wildman–Crippen MR) is 118 cm³/mol. The Morgan fingerprint density at radius 3 is 2.30 bits per heavy atom. The van der Waals surface area contributed by atoms with E-state index >= 15 is 0 Å². The third-order valence-corrected chi connectivity index (χ3v) is 5.98. The number of aryl methyl sites for hydroxylation is 1. The van der Waals surface area contributed by atoms with Gasteiger partial charge in [0, 0.05) is 40.8 Å². The van der Waals surface area contributed by atoms with Crippen LogP contribution in [0.1, 0.15) is 31.0 Å². The normalized spacial score (nSPS) is 14.6. The van der Waals surface area contributed by atoms with Gasteiger partial charge in [-0.3, -0.25) is 0 Å². The van der Waals surface area contributed by atoms with Crippen LogP contribution in [-0.4, -0.2) is 42.1 Å². The zero-order valence-electron chi connectivity index (χ0n) is 15.8. The van der Waals surface area contributed by atoms with Crippen LogP contribution in [0.4, 0.5) is 16.3 Å². The van der Waals surface area contributed by atoms with E-state index in [2.05, 4.69) is 73.0 Å². The van der Waals surface area contributed by atoms with E-state index in [1.807, 2.05) is 30.0 Å². The Balaban J connectivity index is 1.63. The van der Waals surface area contributed by atoms with Crippen LogP contribution in [0.5, 0.6) is 0 Å². The number of benzene rings is 1. The molecule has 2 heterocycles. The van der Waals surface area contributed by atoms with Gasteiger partial charge in [0.2, 0.25) is 0 Å². The van der Waals surface area contributed by atoms with Crippen molar-refractivity contribution in [1.29, 1.82) is 0 Å². The number of anilines is 2. The zero-order valence-corrected chi connectivity index (χ0v) is 19.0. The number of hydrogen-bond donors (Lipinski definition) is 1. The lowest BCUT2D eigenvalue weighted by atomic mass is 10.0. The van der Waals surface area contributed by atoms with Gasteiger partial charge >= 0.3 is 6.03 Å². The van der Waals surface area contributed by atoms with Crippen molar-refractivity contribution < 1.29 is 4.79 Å². The third kappa shape index (κ3) is 4.82. The molecule has 1 aliphatic heterocycles. The minimum Gasteiger partial charge on any atom is -0.353 e. The molecule has 3 rings (SSSR count). The summed E-state index contributed by atoms with van der Waals surface area (Å²) in [7, 11) is 0. The highest BCUT2D eigenvalue weighted by Gasteiger charge is 2.23. The number of aromatic nitrogens is 1. The lowest BCUT2D eigenvalue weighted by Crippen LogP contribution is -2.50. The maximum absolute atomic E-state index is 12.7. The molecule has 0 radical (unpaired) electrons. The largest absolute Gasteiger partial charge is 0.353 e. The number of piperazine rings is 1. The summed E-state index contributed by atoms with van der Waals surface area (Å²) in [5, 5.41) is 3.04. The van der Waals surface area contributed by atoms with Crippen LogP contribution in [0.25, 0.3) is 0 Å². The van der Waals surface area contributed by atoms with Gasteiger partial charge in [0.05, 0.1) is 5.69 Å². The van der Waals surface area contributed by atoms with E-state index in [4.69, 9.17) is 0 Å². The Labute approximate surface area is 177 Å². The van der Waals surface area contributed by atoms with E-state index < -0.39 is 0 Å². The summed E-state index contributed by atoms with van der Waals surface area (Å²) in [5.41, 5.74) is 2.99. The smallest absolute Gasteiger partial charge is 0.322 e. The zero-order chi connectivity index (χ0) is 19.6. The van der Waals surface area contributed by atoms with Crippen LogP contribution in [0.15, 0.2) is 39.3 Å². The Kier molecular flexibility index (Phi) is 6.42. The first kappa shape index (κ1) is 20.1. The molecule has 27 heavy (non-hydrogen) atoms. The minimum atomic E-state index is -0.0782. The summed E-state index contributed by atoms with van der Waals surface area (Å²) >= 11 is 7.17. The van der Waals surface area contributed by atoms with Crippen molar-refractivity contribution in [2.45, 2.75) is 26.7 Å². The molecule has 0 saturated carbocycles. The molecule has 0 aliphatic carbocycles. The lowest BCUT2D eigenvalue weighted by molar-refractivity contribution is 0.208. The number of rotatable bonds is 3. The molecule has 1 aromatic carbocycles. The summed E-state index contributed by atoms with van der Waals surface area (Å²) < 4.78 is 1.77.